The van der Waals surface area contributed by atoms with Gasteiger partial charge in [0, 0.05) is 29.2 Å². The Kier molecular flexibility index (Phi) is 6.22. The number of anilines is 1. The van der Waals surface area contributed by atoms with Gasteiger partial charge >= 0.3 is 6.09 Å². The number of rotatable bonds is 6. The second-order valence-electron chi connectivity index (χ2n) is 7.72. The van der Waals surface area contributed by atoms with Gasteiger partial charge in [-0.05, 0) is 48.7 Å². The molecule has 0 bridgehead atoms. The van der Waals surface area contributed by atoms with E-state index in [1.165, 1.54) is 0 Å². The van der Waals surface area contributed by atoms with Crippen LogP contribution in [-0.2, 0) is 11.2 Å². The third-order valence-corrected chi connectivity index (χ3v) is 5.39. The van der Waals surface area contributed by atoms with Gasteiger partial charge in [-0.25, -0.2) is 4.79 Å². The van der Waals surface area contributed by atoms with E-state index in [1.807, 2.05) is 68.6 Å². The van der Waals surface area contributed by atoms with Crippen molar-refractivity contribution in [3.8, 4) is 5.75 Å². The predicted octanol–water partition coefficient (Wildman–Crippen LogP) is 5.12. The van der Waals surface area contributed by atoms with Crippen molar-refractivity contribution < 1.29 is 14.3 Å². The second-order valence-corrected chi connectivity index (χ2v) is 7.72. The van der Waals surface area contributed by atoms with E-state index in [-0.39, 0.29) is 5.91 Å². The molecule has 0 aliphatic heterocycles. The molecule has 4 aromatic rings. The summed E-state index contributed by atoms with van der Waals surface area (Å²) in [5.41, 5.74) is 4.57. The quantitative estimate of drug-likeness (QED) is 0.399. The number of carbonyl (C=O) groups excluding carboxylic acids is 2. The summed E-state index contributed by atoms with van der Waals surface area (Å²) in [5, 5.41) is 6.74. The van der Waals surface area contributed by atoms with Gasteiger partial charge in [0.25, 0.3) is 0 Å². The molecule has 0 saturated carbocycles. The molecule has 4 rings (SSSR count). The van der Waals surface area contributed by atoms with Crippen LogP contribution in [0.2, 0.25) is 0 Å². The number of hydrogen-bond acceptors (Lipinski definition) is 3. The van der Waals surface area contributed by atoms with Gasteiger partial charge < -0.3 is 20.4 Å². The largest absolute Gasteiger partial charge is 0.413 e. The van der Waals surface area contributed by atoms with Crippen LogP contribution in [0.1, 0.15) is 16.7 Å². The van der Waals surface area contributed by atoms with Crippen LogP contribution in [0.3, 0.4) is 0 Å². The van der Waals surface area contributed by atoms with Crippen LogP contribution in [0.25, 0.3) is 10.9 Å². The second kappa shape index (κ2) is 9.39. The molecule has 32 heavy (non-hydrogen) atoms. The maximum atomic E-state index is 13.3. The molecule has 0 aliphatic rings. The van der Waals surface area contributed by atoms with Crippen LogP contribution < -0.4 is 15.4 Å². The minimum atomic E-state index is -0.829. The van der Waals surface area contributed by atoms with Crippen LogP contribution in [0.15, 0.2) is 79.0 Å². The Balaban J connectivity index is 1.58. The van der Waals surface area contributed by atoms with E-state index < -0.39 is 12.1 Å². The molecule has 6 heteroatoms. The Labute approximate surface area is 186 Å². The Bertz CT molecular complexity index is 1230. The zero-order chi connectivity index (χ0) is 22.5. The predicted molar refractivity (Wildman–Crippen MR) is 126 cm³/mol. The molecule has 1 aromatic heterocycles. The number of amides is 2. The van der Waals surface area contributed by atoms with Gasteiger partial charge in [-0.15, -0.1) is 0 Å². The lowest BCUT2D eigenvalue weighted by molar-refractivity contribution is -0.118. The number of fused-ring (bicyclic) bond motifs is 1. The molecule has 3 N–H and O–H groups in total. The average Bonchev–Trinajstić information content (AvgIpc) is 3.19. The van der Waals surface area contributed by atoms with E-state index in [0.717, 1.165) is 33.3 Å². The molecule has 0 radical (unpaired) electrons. The van der Waals surface area contributed by atoms with E-state index in [9.17, 15) is 9.59 Å². The maximum absolute atomic E-state index is 13.3. The first-order chi connectivity index (χ1) is 15.5. The molecule has 0 aliphatic carbocycles. The molecule has 0 fully saturated rings. The molecule has 1 atom stereocenters. The number of aromatic amines is 1. The molecule has 3 aromatic carbocycles. The monoisotopic (exact) mass is 427 g/mol. The van der Waals surface area contributed by atoms with Crippen molar-refractivity contribution in [3.05, 3.63) is 95.7 Å². The highest BCUT2D eigenvalue weighted by Crippen LogP contribution is 2.22. The zero-order valence-electron chi connectivity index (χ0n) is 18.0. The Morgan fingerprint density at radius 3 is 2.34 bits per heavy atom. The molecule has 2 amide bonds. The van der Waals surface area contributed by atoms with Gasteiger partial charge in [-0.3, -0.25) is 4.79 Å². The summed E-state index contributed by atoms with van der Waals surface area (Å²) >= 11 is 0. The molecule has 0 saturated heterocycles. The zero-order valence-corrected chi connectivity index (χ0v) is 18.0. The van der Waals surface area contributed by atoms with Crippen LogP contribution in [0.4, 0.5) is 10.5 Å². The summed E-state index contributed by atoms with van der Waals surface area (Å²) in [6.07, 6.45) is 1.50. The molecule has 0 spiro atoms. The Morgan fingerprint density at radius 1 is 0.906 bits per heavy atom. The molecular formula is C26H25N3O3. The normalized spacial score (nSPS) is 11.7. The maximum Gasteiger partial charge on any atom is 0.413 e. The highest BCUT2D eigenvalue weighted by Gasteiger charge is 2.24. The van der Waals surface area contributed by atoms with Crippen molar-refractivity contribution >= 4 is 28.6 Å². The van der Waals surface area contributed by atoms with Gasteiger partial charge in [0.1, 0.15) is 11.8 Å². The van der Waals surface area contributed by atoms with E-state index in [4.69, 9.17) is 4.74 Å². The summed E-state index contributed by atoms with van der Waals surface area (Å²) in [6, 6.07) is 21.6. The molecule has 0 unspecified atom stereocenters. The summed E-state index contributed by atoms with van der Waals surface area (Å²) in [4.78, 5) is 29.1. The SMILES string of the molecule is Cc1cccc(C)c1NC(=O)[C@H](Cc1c[nH]c2ccccc12)NC(=O)Oc1ccccc1. The number of carbonyl (C=O) groups is 2. The lowest BCUT2D eigenvalue weighted by Crippen LogP contribution is -2.46. The van der Waals surface area contributed by atoms with E-state index >= 15 is 0 Å². The first-order valence-electron chi connectivity index (χ1n) is 10.5. The summed E-state index contributed by atoms with van der Waals surface area (Å²) < 4.78 is 5.36. The van der Waals surface area contributed by atoms with Gasteiger partial charge in [-0.2, -0.15) is 0 Å². The number of para-hydroxylation sites is 3. The number of benzene rings is 3. The first kappa shape index (κ1) is 21.2. The van der Waals surface area contributed by atoms with Crippen molar-refractivity contribution in [3.63, 3.8) is 0 Å². The minimum absolute atomic E-state index is 0.308. The van der Waals surface area contributed by atoms with Gasteiger partial charge in [0.2, 0.25) is 5.91 Å². The number of aromatic nitrogens is 1. The summed E-state index contributed by atoms with van der Waals surface area (Å²) in [7, 11) is 0. The molecular weight excluding hydrogens is 402 g/mol. The van der Waals surface area contributed by atoms with E-state index in [2.05, 4.69) is 15.6 Å². The number of H-pyrrole nitrogens is 1. The number of aryl methyl sites for hydroxylation is 2. The molecule has 6 nitrogen and oxygen atoms in total. The van der Waals surface area contributed by atoms with Crippen molar-refractivity contribution in [1.29, 1.82) is 0 Å². The highest BCUT2D eigenvalue weighted by molar-refractivity contribution is 5.98. The standard InChI is InChI=1S/C26H25N3O3/c1-17-9-8-10-18(2)24(17)29-25(30)23(28-26(31)32-20-11-4-3-5-12-20)15-19-16-27-22-14-7-6-13-21(19)22/h3-14,16,23,27H,15H2,1-2H3,(H,28,31)(H,29,30)/t23-/m0/s1. The fraction of sp³-hybridized carbons (Fsp3) is 0.154. The Morgan fingerprint density at radius 2 is 1.59 bits per heavy atom. The summed E-state index contributed by atoms with van der Waals surface area (Å²) in [6.45, 7) is 3.88. The highest BCUT2D eigenvalue weighted by atomic mass is 16.6. The van der Waals surface area contributed by atoms with Crippen molar-refractivity contribution in [2.24, 2.45) is 0 Å². The third kappa shape index (κ3) is 4.81. The van der Waals surface area contributed by atoms with E-state index in [1.54, 1.807) is 24.3 Å². The fourth-order valence-corrected chi connectivity index (χ4v) is 3.72. The Hall–Kier alpha value is -4.06. The van der Waals surface area contributed by atoms with Gasteiger partial charge in [-0.1, -0.05) is 54.6 Å². The van der Waals surface area contributed by atoms with Crippen LogP contribution >= 0.6 is 0 Å². The lowest BCUT2D eigenvalue weighted by Gasteiger charge is -2.20. The van der Waals surface area contributed by atoms with Crippen molar-refractivity contribution in [1.82, 2.24) is 10.3 Å². The number of hydrogen-bond donors (Lipinski definition) is 3. The first-order valence-corrected chi connectivity index (χ1v) is 10.5. The smallest absolute Gasteiger partial charge is 0.410 e. The fourth-order valence-electron chi connectivity index (χ4n) is 3.72. The number of nitrogens with one attached hydrogen (secondary N) is 3. The minimum Gasteiger partial charge on any atom is -0.410 e. The van der Waals surface area contributed by atoms with Crippen molar-refractivity contribution in [2.75, 3.05) is 5.32 Å². The van der Waals surface area contributed by atoms with Crippen LogP contribution in [0.5, 0.6) is 5.75 Å². The molecule has 1 heterocycles. The molecule has 162 valence electrons. The summed E-state index contributed by atoms with van der Waals surface area (Å²) in [5.74, 6) is 0.101. The van der Waals surface area contributed by atoms with Crippen molar-refractivity contribution in [2.45, 2.75) is 26.3 Å². The number of ether oxygens (including phenoxy) is 1. The lowest BCUT2D eigenvalue weighted by atomic mass is 10.0. The van der Waals surface area contributed by atoms with Crippen LogP contribution in [-0.4, -0.2) is 23.0 Å². The van der Waals surface area contributed by atoms with Crippen LogP contribution in [0, 0.1) is 13.8 Å². The van der Waals surface area contributed by atoms with Gasteiger partial charge in [0.15, 0.2) is 0 Å². The van der Waals surface area contributed by atoms with Gasteiger partial charge in [0.05, 0.1) is 0 Å². The van der Waals surface area contributed by atoms with E-state index in [0.29, 0.717) is 12.2 Å². The topological polar surface area (TPSA) is 83.2 Å². The average molecular weight is 428 g/mol. The third-order valence-electron chi connectivity index (χ3n) is 5.39.